The number of benzene rings is 1. The summed E-state index contributed by atoms with van der Waals surface area (Å²) in [4.78, 5) is 26.8. The topological polar surface area (TPSA) is 61.4 Å². The molecule has 0 radical (unpaired) electrons. The van der Waals surface area contributed by atoms with Crippen LogP contribution in [-0.2, 0) is 4.79 Å². The third kappa shape index (κ3) is 3.96. The van der Waals surface area contributed by atoms with E-state index in [-0.39, 0.29) is 17.7 Å². The second-order valence-corrected chi connectivity index (χ2v) is 7.21. The molecule has 3 rings (SSSR count). The lowest BCUT2D eigenvalue weighted by atomic mass is 9.97. The Balaban J connectivity index is 1.64. The van der Waals surface area contributed by atoms with E-state index in [1.807, 2.05) is 30.1 Å². The van der Waals surface area contributed by atoms with Gasteiger partial charge in [-0.3, -0.25) is 9.59 Å². The SMILES string of the molecule is CNCC1CCCN(C(=O)c2cccc(NC(=O)C3CC3C)c2)C1. The Morgan fingerprint density at radius 2 is 2.12 bits per heavy atom. The molecule has 1 heterocycles. The Morgan fingerprint density at radius 1 is 1.33 bits per heavy atom. The third-order valence-electron chi connectivity index (χ3n) is 5.12. The second kappa shape index (κ2) is 7.34. The number of carbonyl (C=O) groups is 2. The van der Waals surface area contributed by atoms with Crippen LogP contribution in [-0.4, -0.2) is 43.4 Å². The Bertz CT molecular complexity index is 614. The van der Waals surface area contributed by atoms with Crippen molar-refractivity contribution in [2.45, 2.75) is 26.2 Å². The fourth-order valence-corrected chi connectivity index (χ4v) is 3.54. The molecule has 2 aliphatic rings. The van der Waals surface area contributed by atoms with Gasteiger partial charge in [-0.05, 0) is 62.9 Å². The molecule has 5 heteroatoms. The van der Waals surface area contributed by atoms with Gasteiger partial charge in [-0.25, -0.2) is 0 Å². The highest BCUT2D eigenvalue weighted by Gasteiger charge is 2.39. The summed E-state index contributed by atoms with van der Waals surface area (Å²) < 4.78 is 0. The van der Waals surface area contributed by atoms with Crippen molar-refractivity contribution in [1.29, 1.82) is 0 Å². The van der Waals surface area contributed by atoms with Gasteiger partial charge in [-0.15, -0.1) is 0 Å². The van der Waals surface area contributed by atoms with E-state index in [1.165, 1.54) is 6.42 Å². The minimum absolute atomic E-state index is 0.0618. The van der Waals surface area contributed by atoms with Gasteiger partial charge >= 0.3 is 0 Å². The van der Waals surface area contributed by atoms with Crippen LogP contribution in [0, 0.1) is 17.8 Å². The van der Waals surface area contributed by atoms with Crippen molar-refractivity contribution in [2.75, 3.05) is 32.0 Å². The van der Waals surface area contributed by atoms with Crippen molar-refractivity contribution in [3.05, 3.63) is 29.8 Å². The number of carbonyl (C=O) groups excluding carboxylic acids is 2. The van der Waals surface area contributed by atoms with Crippen LogP contribution in [0.2, 0.25) is 0 Å². The van der Waals surface area contributed by atoms with Crippen molar-refractivity contribution >= 4 is 17.5 Å². The molecule has 2 amide bonds. The lowest BCUT2D eigenvalue weighted by Crippen LogP contribution is -2.42. The van der Waals surface area contributed by atoms with Crippen molar-refractivity contribution in [3.8, 4) is 0 Å². The number of likely N-dealkylation sites (tertiary alicyclic amines) is 1. The fraction of sp³-hybridized carbons (Fsp3) is 0.579. The Hall–Kier alpha value is -1.88. The number of anilines is 1. The maximum atomic E-state index is 12.8. The van der Waals surface area contributed by atoms with E-state index in [0.29, 0.717) is 23.1 Å². The van der Waals surface area contributed by atoms with Crippen LogP contribution in [0.1, 0.15) is 36.5 Å². The monoisotopic (exact) mass is 329 g/mol. The quantitative estimate of drug-likeness (QED) is 0.872. The van der Waals surface area contributed by atoms with Crippen molar-refractivity contribution in [3.63, 3.8) is 0 Å². The number of piperidine rings is 1. The Kier molecular flexibility index (Phi) is 5.19. The van der Waals surface area contributed by atoms with Crippen LogP contribution < -0.4 is 10.6 Å². The molecule has 0 aromatic heterocycles. The fourth-order valence-electron chi connectivity index (χ4n) is 3.54. The zero-order valence-corrected chi connectivity index (χ0v) is 14.5. The summed E-state index contributed by atoms with van der Waals surface area (Å²) in [5.74, 6) is 1.26. The highest BCUT2D eigenvalue weighted by molar-refractivity contribution is 5.98. The molecule has 2 N–H and O–H groups in total. The number of hydrogen-bond donors (Lipinski definition) is 2. The molecule has 1 aromatic carbocycles. The zero-order chi connectivity index (χ0) is 17.1. The Labute approximate surface area is 143 Å². The average molecular weight is 329 g/mol. The van der Waals surface area contributed by atoms with Gasteiger partial charge < -0.3 is 15.5 Å². The van der Waals surface area contributed by atoms with E-state index in [9.17, 15) is 9.59 Å². The first-order valence-electron chi connectivity index (χ1n) is 8.93. The molecular formula is C19H27N3O2. The molecule has 1 saturated heterocycles. The maximum Gasteiger partial charge on any atom is 0.253 e. The summed E-state index contributed by atoms with van der Waals surface area (Å²) in [6.45, 7) is 4.65. The largest absolute Gasteiger partial charge is 0.338 e. The molecule has 1 aliphatic heterocycles. The lowest BCUT2D eigenvalue weighted by molar-refractivity contribution is -0.117. The van der Waals surface area contributed by atoms with Gasteiger partial charge in [-0.2, -0.15) is 0 Å². The predicted octanol–water partition coefficient (Wildman–Crippen LogP) is 2.35. The van der Waals surface area contributed by atoms with Gasteiger partial charge in [0.2, 0.25) is 5.91 Å². The van der Waals surface area contributed by atoms with Crippen molar-refractivity contribution < 1.29 is 9.59 Å². The summed E-state index contributed by atoms with van der Waals surface area (Å²) in [5, 5.41) is 6.14. The van der Waals surface area contributed by atoms with Gasteiger partial charge in [-0.1, -0.05) is 13.0 Å². The van der Waals surface area contributed by atoms with E-state index in [4.69, 9.17) is 0 Å². The number of amides is 2. The van der Waals surface area contributed by atoms with Crippen LogP contribution in [0.15, 0.2) is 24.3 Å². The van der Waals surface area contributed by atoms with E-state index in [1.54, 1.807) is 6.07 Å². The van der Waals surface area contributed by atoms with Gasteiger partial charge in [0.25, 0.3) is 5.91 Å². The molecule has 1 aromatic rings. The molecule has 2 fully saturated rings. The van der Waals surface area contributed by atoms with Crippen molar-refractivity contribution in [1.82, 2.24) is 10.2 Å². The van der Waals surface area contributed by atoms with Crippen LogP contribution in [0.5, 0.6) is 0 Å². The first-order chi connectivity index (χ1) is 11.6. The molecule has 3 unspecified atom stereocenters. The van der Waals surface area contributed by atoms with Gasteiger partial charge in [0.05, 0.1) is 0 Å². The van der Waals surface area contributed by atoms with Gasteiger partial charge in [0.15, 0.2) is 0 Å². The van der Waals surface area contributed by atoms with Gasteiger partial charge in [0, 0.05) is 30.3 Å². The van der Waals surface area contributed by atoms with Crippen LogP contribution in [0.25, 0.3) is 0 Å². The molecule has 24 heavy (non-hydrogen) atoms. The van der Waals surface area contributed by atoms with E-state index in [2.05, 4.69) is 17.6 Å². The predicted molar refractivity (Wildman–Crippen MR) is 94.9 cm³/mol. The highest BCUT2D eigenvalue weighted by Crippen LogP contribution is 2.38. The molecule has 5 nitrogen and oxygen atoms in total. The normalized spacial score (nSPS) is 26.1. The Morgan fingerprint density at radius 3 is 2.83 bits per heavy atom. The molecule has 3 atom stereocenters. The number of nitrogens with one attached hydrogen (secondary N) is 2. The second-order valence-electron chi connectivity index (χ2n) is 7.21. The third-order valence-corrected chi connectivity index (χ3v) is 5.12. The van der Waals surface area contributed by atoms with Crippen LogP contribution in [0.3, 0.4) is 0 Å². The van der Waals surface area contributed by atoms with E-state index < -0.39 is 0 Å². The minimum Gasteiger partial charge on any atom is -0.338 e. The van der Waals surface area contributed by atoms with Crippen LogP contribution >= 0.6 is 0 Å². The first-order valence-corrected chi connectivity index (χ1v) is 8.93. The molecule has 0 spiro atoms. The average Bonchev–Trinajstić information content (AvgIpc) is 3.32. The minimum atomic E-state index is 0.0618. The summed E-state index contributed by atoms with van der Waals surface area (Å²) >= 11 is 0. The van der Waals surface area contributed by atoms with E-state index in [0.717, 1.165) is 32.5 Å². The lowest BCUT2D eigenvalue weighted by Gasteiger charge is -2.32. The van der Waals surface area contributed by atoms with Crippen LogP contribution in [0.4, 0.5) is 5.69 Å². The van der Waals surface area contributed by atoms with Gasteiger partial charge in [0.1, 0.15) is 0 Å². The number of nitrogens with zero attached hydrogens (tertiary/aromatic N) is 1. The number of hydrogen-bond acceptors (Lipinski definition) is 3. The molecular weight excluding hydrogens is 302 g/mol. The number of rotatable bonds is 5. The van der Waals surface area contributed by atoms with E-state index >= 15 is 0 Å². The first kappa shape index (κ1) is 17.0. The summed E-state index contributed by atoms with van der Waals surface area (Å²) in [6.07, 6.45) is 3.18. The summed E-state index contributed by atoms with van der Waals surface area (Å²) in [5.41, 5.74) is 1.37. The standard InChI is InChI=1S/C19H27N3O2/c1-13-9-17(13)18(23)21-16-7-3-6-15(10-16)19(24)22-8-4-5-14(12-22)11-20-2/h3,6-7,10,13-14,17,20H,4-5,8-9,11-12H2,1-2H3,(H,21,23). The molecule has 0 bridgehead atoms. The summed E-state index contributed by atoms with van der Waals surface area (Å²) in [7, 11) is 1.95. The maximum absolute atomic E-state index is 12.8. The summed E-state index contributed by atoms with van der Waals surface area (Å²) in [6, 6.07) is 7.32. The molecule has 1 aliphatic carbocycles. The highest BCUT2D eigenvalue weighted by atomic mass is 16.2. The smallest absolute Gasteiger partial charge is 0.253 e. The zero-order valence-electron chi connectivity index (χ0n) is 14.5. The van der Waals surface area contributed by atoms with Crippen molar-refractivity contribution in [2.24, 2.45) is 17.8 Å². The molecule has 130 valence electrons. The molecule has 1 saturated carbocycles.